The third kappa shape index (κ3) is 2.68. The molecule has 1 aromatic rings. The average Bonchev–Trinajstić information content (AvgIpc) is 2.96. The van der Waals surface area contributed by atoms with Gasteiger partial charge in [0.2, 0.25) is 0 Å². The van der Waals surface area contributed by atoms with Gasteiger partial charge in [0.05, 0.1) is 22.4 Å². The Morgan fingerprint density at radius 3 is 2.61 bits per heavy atom. The van der Waals surface area contributed by atoms with Gasteiger partial charge in [-0.05, 0) is 36.5 Å². The van der Waals surface area contributed by atoms with E-state index in [0.717, 1.165) is 17.3 Å². The van der Waals surface area contributed by atoms with Crippen LogP contribution in [0.1, 0.15) is 19.3 Å². The molecule has 0 atom stereocenters. The molecule has 18 heavy (non-hydrogen) atoms. The number of hydrogen-bond acceptors (Lipinski definition) is 4. The van der Waals surface area contributed by atoms with Crippen LogP contribution in [0.3, 0.4) is 0 Å². The van der Waals surface area contributed by atoms with Crippen molar-refractivity contribution < 1.29 is 8.42 Å². The van der Waals surface area contributed by atoms with Crippen LogP contribution in [0.5, 0.6) is 0 Å². The molecule has 1 fully saturated rings. The van der Waals surface area contributed by atoms with Gasteiger partial charge in [0.1, 0.15) is 0 Å². The van der Waals surface area contributed by atoms with Gasteiger partial charge in [-0.3, -0.25) is 0 Å². The van der Waals surface area contributed by atoms with E-state index in [0.29, 0.717) is 6.42 Å². The molecule has 0 saturated heterocycles. The van der Waals surface area contributed by atoms with Crippen LogP contribution < -0.4 is 5.73 Å². The maximum Gasteiger partial charge on any atom is 0.180 e. The zero-order valence-electron chi connectivity index (χ0n) is 9.69. The van der Waals surface area contributed by atoms with Gasteiger partial charge in [0.25, 0.3) is 0 Å². The number of anilines is 1. The van der Waals surface area contributed by atoms with Crippen molar-refractivity contribution in [3.05, 3.63) is 22.7 Å². The molecule has 1 aliphatic rings. The van der Waals surface area contributed by atoms with Crippen molar-refractivity contribution in [1.29, 1.82) is 5.26 Å². The van der Waals surface area contributed by atoms with Crippen LogP contribution >= 0.6 is 15.9 Å². The van der Waals surface area contributed by atoms with Gasteiger partial charge in [0, 0.05) is 10.9 Å². The quantitative estimate of drug-likeness (QED) is 0.860. The maximum atomic E-state index is 12.3. The summed E-state index contributed by atoms with van der Waals surface area (Å²) in [7, 11) is -3.42. The summed E-state index contributed by atoms with van der Waals surface area (Å²) in [6, 6.07) is 6.82. The topological polar surface area (TPSA) is 84.0 Å². The van der Waals surface area contributed by atoms with Crippen LogP contribution in [0.4, 0.5) is 5.69 Å². The molecule has 0 heterocycles. The molecule has 0 bridgehead atoms. The summed E-state index contributed by atoms with van der Waals surface area (Å²) in [5.74, 6) is 0.0133. The molecule has 0 unspecified atom stereocenters. The molecule has 4 nitrogen and oxygen atoms in total. The van der Waals surface area contributed by atoms with Crippen molar-refractivity contribution in [2.75, 3.05) is 11.5 Å². The van der Waals surface area contributed by atoms with Gasteiger partial charge in [-0.2, -0.15) is 5.26 Å². The van der Waals surface area contributed by atoms with E-state index < -0.39 is 9.84 Å². The number of halogens is 1. The van der Waals surface area contributed by atoms with Crippen LogP contribution in [0, 0.1) is 16.7 Å². The Hall–Kier alpha value is -1.06. The van der Waals surface area contributed by atoms with E-state index in [4.69, 9.17) is 11.0 Å². The number of nitriles is 1. The molecular weight excluding hydrogens is 316 g/mol. The van der Waals surface area contributed by atoms with Gasteiger partial charge in [-0.15, -0.1) is 0 Å². The first-order valence-electron chi connectivity index (χ1n) is 5.53. The predicted octanol–water partition coefficient (Wildman–Crippen LogP) is 2.50. The fourth-order valence-corrected chi connectivity index (χ4v) is 4.42. The molecule has 2 rings (SSSR count). The van der Waals surface area contributed by atoms with Crippen molar-refractivity contribution in [2.24, 2.45) is 5.41 Å². The molecule has 1 aromatic carbocycles. The lowest BCUT2D eigenvalue weighted by Crippen LogP contribution is -2.18. The molecule has 0 amide bonds. The van der Waals surface area contributed by atoms with Crippen molar-refractivity contribution in [2.45, 2.75) is 24.2 Å². The number of rotatable bonds is 4. The lowest BCUT2D eigenvalue weighted by Gasteiger charge is -2.13. The van der Waals surface area contributed by atoms with E-state index in [1.165, 1.54) is 6.07 Å². The number of sulfone groups is 1. The van der Waals surface area contributed by atoms with E-state index >= 15 is 0 Å². The van der Waals surface area contributed by atoms with Crippen molar-refractivity contribution in [1.82, 2.24) is 0 Å². The summed E-state index contributed by atoms with van der Waals surface area (Å²) >= 11 is 3.24. The summed E-state index contributed by atoms with van der Waals surface area (Å²) in [4.78, 5) is 0.162. The van der Waals surface area contributed by atoms with Gasteiger partial charge in [-0.25, -0.2) is 8.42 Å². The van der Waals surface area contributed by atoms with Crippen LogP contribution in [0.15, 0.2) is 27.6 Å². The molecule has 0 spiro atoms. The monoisotopic (exact) mass is 328 g/mol. The first kappa shape index (κ1) is 13.4. The van der Waals surface area contributed by atoms with Gasteiger partial charge in [-0.1, -0.05) is 15.9 Å². The Bertz CT molecular complexity index is 615. The van der Waals surface area contributed by atoms with Crippen molar-refractivity contribution in [3.63, 3.8) is 0 Å². The molecule has 96 valence electrons. The zero-order valence-corrected chi connectivity index (χ0v) is 12.1. The lowest BCUT2D eigenvalue weighted by molar-refractivity contribution is 0.548. The maximum absolute atomic E-state index is 12.3. The fourth-order valence-electron chi connectivity index (χ4n) is 2.00. The predicted molar refractivity (Wildman–Crippen MR) is 72.5 cm³/mol. The summed E-state index contributed by atoms with van der Waals surface area (Å²) in [6.45, 7) is 0. The zero-order chi connectivity index (χ0) is 13.4. The molecule has 1 saturated carbocycles. The third-order valence-corrected chi connectivity index (χ3v) is 5.74. The van der Waals surface area contributed by atoms with Crippen LogP contribution in [0.25, 0.3) is 0 Å². The first-order chi connectivity index (χ1) is 8.38. The number of benzene rings is 1. The lowest BCUT2D eigenvalue weighted by atomic mass is 10.1. The van der Waals surface area contributed by atoms with Gasteiger partial charge < -0.3 is 5.73 Å². The average molecular weight is 329 g/mol. The number of hydrogen-bond donors (Lipinski definition) is 1. The van der Waals surface area contributed by atoms with Crippen molar-refractivity contribution >= 4 is 31.5 Å². The Morgan fingerprint density at radius 1 is 1.44 bits per heavy atom. The molecule has 0 radical (unpaired) electrons. The molecule has 6 heteroatoms. The summed E-state index contributed by atoms with van der Waals surface area (Å²) < 4.78 is 25.3. The van der Waals surface area contributed by atoms with E-state index in [-0.39, 0.29) is 21.8 Å². The largest absolute Gasteiger partial charge is 0.398 e. The highest BCUT2D eigenvalue weighted by Gasteiger charge is 2.46. The minimum Gasteiger partial charge on any atom is -0.398 e. The van der Waals surface area contributed by atoms with E-state index in [2.05, 4.69) is 22.0 Å². The highest BCUT2D eigenvalue weighted by Crippen LogP contribution is 2.50. The third-order valence-electron chi connectivity index (χ3n) is 3.21. The molecule has 2 N–H and O–H groups in total. The van der Waals surface area contributed by atoms with Crippen LogP contribution in [0.2, 0.25) is 0 Å². The summed E-state index contributed by atoms with van der Waals surface area (Å²) in [5.41, 5.74) is 5.65. The highest BCUT2D eigenvalue weighted by atomic mass is 79.9. The number of nitrogens with two attached hydrogens (primary N) is 1. The van der Waals surface area contributed by atoms with E-state index in [1.54, 1.807) is 12.1 Å². The minimum absolute atomic E-state index is 0.0133. The number of nitrogen functional groups attached to an aromatic ring is 1. The summed E-state index contributed by atoms with van der Waals surface area (Å²) in [6.07, 6.45) is 1.90. The van der Waals surface area contributed by atoms with Gasteiger partial charge in [0.15, 0.2) is 9.84 Å². The van der Waals surface area contributed by atoms with Crippen LogP contribution in [-0.4, -0.2) is 14.2 Å². The highest BCUT2D eigenvalue weighted by molar-refractivity contribution is 9.10. The SMILES string of the molecule is N#CCC1(CS(=O)(=O)c2ccc(Br)cc2N)CC1. The Kier molecular flexibility index (Phi) is 3.39. The smallest absolute Gasteiger partial charge is 0.180 e. The standard InChI is InChI=1S/C12H13BrN2O2S/c13-9-1-2-11(10(15)7-9)18(16,17)8-12(3-4-12)5-6-14/h1-2,7H,3-5,8,15H2. The normalized spacial score (nSPS) is 17.1. The van der Waals surface area contributed by atoms with Gasteiger partial charge >= 0.3 is 0 Å². The Balaban J connectivity index is 2.29. The molecule has 1 aliphatic carbocycles. The molecule has 0 aliphatic heterocycles. The molecular formula is C12H13BrN2O2S. The van der Waals surface area contributed by atoms with Crippen LogP contribution in [-0.2, 0) is 9.84 Å². The Morgan fingerprint density at radius 2 is 2.11 bits per heavy atom. The van der Waals surface area contributed by atoms with E-state index in [9.17, 15) is 8.42 Å². The van der Waals surface area contributed by atoms with E-state index in [1.807, 2.05) is 0 Å². The second-order valence-electron chi connectivity index (χ2n) is 4.78. The Labute approximate surface area is 115 Å². The second-order valence-corrected chi connectivity index (χ2v) is 7.65. The number of nitrogens with zero attached hydrogens (tertiary/aromatic N) is 1. The first-order valence-corrected chi connectivity index (χ1v) is 7.98. The fraction of sp³-hybridized carbons (Fsp3) is 0.417. The summed E-state index contributed by atoms with van der Waals surface area (Å²) in [5, 5.41) is 8.72. The van der Waals surface area contributed by atoms with Crippen molar-refractivity contribution in [3.8, 4) is 6.07 Å². The second kappa shape index (κ2) is 4.56. The minimum atomic E-state index is -3.42. The molecule has 0 aromatic heterocycles.